The second kappa shape index (κ2) is 5.77. The summed E-state index contributed by atoms with van der Waals surface area (Å²) < 4.78 is 0. The van der Waals surface area contributed by atoms with Gasteiger partial charge in [0.1, 0.15) is 5.78 Å². The number of nitro groups is 1. The fourth-order valence-corrected chi connectivity index (χ4v) is 1.76. The van der Waals surface area contributed by atoms with E-state index in [1.807, 2.05) is 13.8 Å². The molecule has 1 rings (SSSR count). The van der Waals surface area contributed by atoms with Gasteiger partial charge in [0, 0.05) is 29.5 Å². The van der Waals surface area contributed by atoms with E-state index in [1.165, 1.54) is 6.07 Å². The Bertz CT molecular complexity index is 443. The SMILES string of the molecule is CC(C)CC(=O)Cc1ccc(Cl)cc1[N+](=O)[O-]. The normalized spacial score (nSPS) is 10.6. The van der Waals surface area contributed by atoms with Crippen molar-refractivity contribution in [1.82, 2.24) is 0 Å². The molecule has 0 unspecified atom stereocenters. The molecule has 0 fully saturated rings. The monoisotopic (exact) mass is 255 g/mol. The van der Waals surface area contributed by atoms with E-state index in [0.29, 0.717) is 17.0 Å². The molecule has 0 saturated carbocycles. The van der Waals surface area contributed by atoms with Crippen molar-refractivity contribution in [2.45, 2.75) is 26.7 Å². The summed E-state index contributed by atoms with van der Waals surface area (Å²) in [6, 6.07) is 4.38. The number of carbonyl (C=O) groups is 1. The Hall–Kier alpha value is -1.42. The smallest absolute Gasteiger partial charge is 0.274 e. The largest absolute Gasteiger partial charge is 0.299 e. The van der Waals surface area contributed by atoms with E-state index in [4.69, 9.17) is 11.6 Å². The van der Waals surface area contributed by atoms with E-state index >= 15 is 0 Å². The van der Waals surface area contributed by atoms with Gasteiger partial charge in [0.2, 0.25) is 0 Å². The molecule has 0 aliphatic rings. The first-order valence-corrected chi connectivity index (χ1v) is 5.72. The first kappa shape index (κ1) is 13.6. The molecule has 0 aliphatic carbocycles. The molecule has 17 heavy (non-hydrogen) atoms. The van der Waals surface area contributed by atoms with Crippen LogP contribution in [0.25, 0.3) is 0 Å². The highest BCUT2D eigenvalue weighted by molar-refractivity contribution is 6.30. The first-order valence-electron chi connectivity index (χ1n) is 5.34. The van der Waals surface area contributed by atoms with Crippen LogP contribution in [-0.4, -0.2) is 10.7 Å². The molecule has 0 aliphatic heterocycles. The quantitative estimate of drug-likeness (QED) is 0.598. The van der Waals surface area contributed by atoms with Crippen LogP contribution in [-0.2, 0) is 11.2 Å². The van der Waals surface area contributed by atoms with Crippen molar-refractivity contribution >= 4 is 23.1 Å². The molecule has 1 aromatic rings. The van der Waals surface area contributed by atoms with Gasteiger partial charge in [-0.15, -0.1) is 0 Å². The zero-order chi connectivity index (χ0) is 13.0. The molecule has 1 aromatic carbocycles. The van der Waals surface area contributed by atoms with Gasteiger partial charge in [-0.1, -0.05) is 31.5 Å². The fourth-order valence-electron chi connectivity index (χ4n) is 1.60. The minimum atomic E-state index is -0.510. The summed E-state index contributed by atoms with van der Waals surface area (Å²) in [6.45, 7) is 3.88. The van der Waals surface area contributed by atoms with E-state index in [9.17, 15) is 14.9 Å². The second-order valence-corrected chi connectivity index (χ2v) is 4.78. The molecule has 0 N–H and O–H groups in total. The minimum absolute atomic E-state index is 0.00502. The predicted molar refractivity (Wildman–Crippen MR) is 66.3 cm³/mol. The van der Waals surface area contributed by atoms with E-state index in [0.717, 1.165) is 0 Å². The van der Waals surface area contributed by atoms with E-state index in [1.54, 1.807) is 12.1 Å². The lowest BCUT2D eigenvalue weighted by Crippen LogP contribution is -2.08. The molecule has 0 bridgehead atoms. The molecule has 0 aromatic heterocycles. The molecule has 0 heterocycles. The Morgan fingerprint density at radius 2 is 2.12 bits per heavy atom. The molecule has 5 heteroatoms. The Labute approximate surface area is 105 Å². The maximum atomic E-state index is 11.6. The molecule has 0 atom stereocenters. The van der Waals surface area contributed by atoms with Crippen LogP contribution >= 0.6 is 11.6 Å². The van der Waals surface area contributed by atoms with Crippen molar-refractivity contribution in [3.8, 4) is 0 Å². The number of ketones is 1. The molecule has 0 saturated heterocycles. The van der Waals surface area contributed by atoms with E-state index < -0.39 is 4.92 Å². The predicted octanol–water partition coefficient (Wildman–Crippen LogP) is 3.41. The Balaban J connectivity index is 2.91. The molecular formula is C12H14ClNO3. The van der Waals surface area contributed by atoms with Crippen LogP contribution < -0.4 is 0 Å². The number of benzene rings is 1. The van der Waals surface area contributed by atoms with E-state index in [2.05, 4.69) is 0 Å². The summed E-state index contributed by atoms with van der Waals surface area (Å²) in [4.78, 5) is 21.9. The first-order chi connectivity index (χ1) is 7.90. The number of hydrogen-bond donors (Lipinski definition) is 0. The third kappa shape index (κ3) is 4.15. The number of carbonyl (C=O) groups excluding carboxylic acids is 1. The summed E-state index contributed by atoms with van der Waals surface area (Å²) in [5.74, 6) is 0.263. The van der Waals surface area contributed by atoms with Crippen LogP contribution in [0.3, 0.4) is 0 Å². The number of nitrogens with zero attached hydrogens (tertiary/aromatic N) is 1. The third-order valence-corrected chi connectivity index (χ3v) is 2.50. The van der Waals surface area contributed by atoms with Crippen molar-refractivity contribution in [3.05, 3.63) is 38.9 Å². The molecule has 0 radical (unpaired) electrons. The summed E-state index contributed by atoms with van der Waals surface area (Å²) in [7, 11) is 0. The number of Topliss-reactive ketones (excluding diaryl/α,β-unsaturated/α-hetero) is 1. The average Bonchev–Trinajstić information content (AvgIpc) is 2.19. The lowest BCUT2D eigenvalue weighted by molar-refractivity contribution is -0.385. The number of halogens is 1. The molecular weight excluding hydrogens is 242 g/mol. The van der Waals surface area contributed by atoms with E-state index in [-0.39, 0.29) is 23.8 Å². The Morgan fingerprint density at radius 3 is 2.65 bits per heavy atom. The van der Waals surface area contributed by atoms with Crippen molar-refractivity contribution < 1.29 is 9.72 Å². The standard InChI is InChI=1S/C12H14ClNO3/c1-8(2)5-11(15)6-9-3-4-10(13)7-12(9)14(16)17/h3-4,7-8H,5-6H2,1-2H3. The zero-order valence-corrected chi connectivity index (χ0v) is 10.5. The van der Waals surface area contributed by atoms with Gasteiger partial charge in [-0.25, -0.2) is 0 Å². The number of rotatable bonds is 5. The van der Waals surface area contributed by atoms with Crippen molar-refractivity contribution in [2.75, 3.05) is 0 Å². The molecule has 0 spiro atoms. The van der Waals surface area contributed by atoms with Gasteiger partial charge >= 0.3 is 0 Å². The minimum Gasteiger partial charge on any atom is -0.299 e. The highest BCUT2D eigenvalue weighted by Gasteiger charge is 2.17. The van der Waals surface area contributed by atoms with Gasteiger partial charge in [0.05, 0.1) is 4.92 Å². The van der Waals surface area contributed by atoms with Gasteiger partial charge < -0.3 is 0 Å². The fraction of sp³-hybridized carbons (Fsp3) is 0.417. The van der Waals surface area contributed by atoms with Crippen LogP contribution in [0.4, 0.5) is 5.69 Å². The average molecular weight is 256 g/mol. The highest BCUT2D eigenvalue weighted by Crippen LogP contribution is 2.24. The maximum absolute atomic E-state index is 11.6. The highest BCUT2D eigenvalue weighted by atomic mass is 35.5. The van der Waals surface area contributed by atoms with Crippen molar-refractivity contribution in [2.24, 2.45) is 5.92 Å². The van der Waals surface area contributed by atoms with Gasteiger partial charge in [0.25, 0.3) is 5.69 Å². The molecule has 4 nitrogen and oxygen atoms in total. The topological polar surface area (TPSA) is 60.2 Å². The summed E-state index contributed by atoms with van der Waals surface area (Å²) >= 11 is 5.69. The van der Waals surface area contributed by atoms with Gasteiger partial charge in [0.15, 0.2) is 0 Å². The number of hydrogen-bond acceptors (Lipinski definition) is 3. The second-order valence-electron chi connectivity index (χ2n) is 4.34. The van der Waals surface area contributed by atoms with Crippen LogP contribution in [0.2, 0.25) is 5.02 Å². The molecule has 0 amide bonds. The Kier molecular flexibility index (Phi) is 4.63. The summed E-state index contributed by atoms with van der Waals surface area (Å²) in [6.07, 6.45) is 0.519. The summed E-state index contributed by atoms with van der Waals surface area (Å²) in [5, 5.41) is 11.1. The number of nitro benzene ring substituents is 1. The maximum Gasteiger partial charge on any atom is 0.274 e. The summed E-state index contributed by atoms with van der Waals surface area (Å²) in [5.41, 5.74) is 0.333. The molecule has 92 valence electrons. The van der Waals surface area contributed by atoms with Crippen LogP contribution in [0.5, 0.6) is 0 Å². The van der Waals surface area contributed by atoms with Gasteiger partial charge in [-0.05, 0) is 12.0 Å². The zero-order valence-electron chi connectivity index (χ0n) is 9.77. The van der Waals surface area contributed by atoms with Crippen molar-refractivity contribution in [1.29, 1.82) is 0 Å². The van der Waals surface area contributed by atoms with Crippen molar-refractivity contribution in [3.63, 3.8) is 0 Å². The third-order valence-electron chi connectivity index (χ3n) is 2.27. The lowest BCUT2D eigenvalue weighted by atomic mass is 10.0. The van der Waals surface area contributed by atoms with Gasteiger partial charge in [-0.2, -0.15) is 0 Å². The van der Waals surface area contributed by atoms with Crippen LogP contribution in [0.1, 0.15) is 25.8 Å². The van der Waals surface area contributed by atoms with Crippen LogP contribution in [0, 0.1) is 16.0 Å². The van der Waals surface area contributed by atoms with Gasteiger partial charge in [-0.3, -0.25) is 14.9 Å². The van der Waals surface area contributed by atoms with Crippen LogP contribution in [0.15, 0.2) is 18.2 Å². The Morgan fingerprint density at radius 1 is 1.47 bits per heavy atom. The lowest BCUT2D eigenvalue weighted by Gasteiger charge is -2.05.